The van der Waals surface area contributed by atoms with Gasteiger partial charge in [0.15, 0.2) is 0 Å². The molecule has 1 aliphatic heterocycles. The van der Waals surface area contributed by atoms with Gasteiger partial charge in [-0.2, -0.15) is 0 Å². The molecule has 8 heteroatoms. The van der Waals surface area contributed by atoms with Gasteiger partial charge >= 0.3 is 0 Å². The van der Waals surface area contributed by atoms with Gasteiger partial charge in [-0.1, -0.05) is 41.9 Å². The summed E-state index contributed by atoms with van der Waals surface area (Å²) < 4.78 is 0. The molecule has 1 saturated heterocycles. The Morgan fingerprint density at radius 2 is 1.78 bits per heavy atom. The third kappa shape index (κ3) is 4.59. The fourth-order valence-electron chi connectivity index (χ4n) is 3.92. The van der Waals surface area contributed by atoms with Gasteiger partial charge in [0.05, 0.1) is 4.92 Å². The van der Waals surface area contributed by atoms with Gasteiger partial charge in [-0.15, -0.1) is 0 Å². The Labute approximate surface area is 190 Å². The molecule has 32 heavy (non-hydrogen) atoms. The van der Waals surface area contributed by atoms with Crippen molar-refractivity contribution < 1.29 is 14.8 Å². The molecule has 4 rings (SSSR count). The maximum atomic E-state index is 13.0. The van der Waals surface area contributed by atoms with E-state index in [1.165, 1.54) is 6.07 Å². The third-order valence-corrected chi connectivity index (χ3v) is 5.79. The van der Waals surface area contributed by atoms with Crippen LogP contribution in [0.4, 0.5) is 17.1 Å². The average molecular weight is 452 g/mol. The van der Waals surface area contributed by atoms with Crippen molar-refractivity contribution in [3.05, 3.63) is 98.6 Å². The number of carbonyl (C=O) groups excluding carboxylic acids is 1. The number of nitro groups is 1. The van der Waals surface area contributed by atoms with Gasteiger partial charge in [0.2, 0.25) is 0 Å². The van der Waals surface area contributed by atoms with Crippen molar-refractivity contribution in [2.45, 2.75) is 18.9 Å². The number of nitro benzene ring substituents is 1. The normalized spacial score (nSPS) is 14.2. The smallest absolute Gasteiger partial charge is 0.293 e. The minimum Gasteiger partial charge on any atom is -0.384 e. The molecular weight excluding hydrogens is 430 g/mol. The van der Waals surface area contributed by atoms with Crippen LogP contribution in [0, 0.1) is 10.1 Å². The second-order valence-electron chi connectivity index (χ2n) is 7.65. The fourth-order valence-corrected chi connectivity index (χ4v) is 4.10. The number of aliphatic hydroxyl groups excluding tert-OH is 1. The number of hydrogen-bond donors (Lipinski definition) is 2. The summed E-state index contributed by atoms with van der Waals surface area (Å²) in [5.41, 5.74) is 2.05. The van der Waals surface area contributed by atoms with Gasteiger partial charge in [-0.3, -0.25) is 14.9 Å². The molecule has 1 amide bonds. The van der Waals surface area contributed by atoms with E-state index in [0.29, 0.717) is 27.5 Å². The van der Waals surface area contributed by atoms with E-state index < -0.39 is 16.9 Å². The molecular formula is C24H22ClN3O4. The molecule has 2 N–H and O–H groups in total. The number of carbonyl (C=O) groups is 1. The van der Waals surface area contributed by atoms with E-state index in [0.717, 1.165) is 25.9 Å². The van der Waals surface area contributed by atoms with Gasteiger partial charge in [0.25, 0.3) is 11.6 Å². The Bertz CT molecular complexity index is 1150. The van der Waals surface area contributed by atoms with Crippen molar-refractivity contribution in [2.24, 2.45) is 0 Å². The summed E-state index contributed by atoms with van der Waals surface area (Å²) in [7, 11) is 0. The van der Waals surface area contributed by atoms with Crippen LogP contribution in [0.15, 0.2) is 66.7 Å². The maximum Gasteiger partial charge on any atom is 0.293 e. The highest BCUT2D eigenvalue weighted by atomic mass is 35.5. The van der Waals surface area contributed by atoms with Crippen LogP contribution < -0.4 is 10.2 Å². The van der Waals surface area contributed by atoms with Gasteiger partial charge < -0.3 is 15.3 Å². The van der Waals surface area contributed by atoms with Crippen LogP contribution in [0.5, 0.6) is 0 Å². The summed E-state index contributed by atoms with van der Waals surface area (Å²) in [5.74, 6) is -0.509. The molecule has 7 nitrogen and oxygen atoms in total. The zero-order valence-electron chi connectivity index (χ0n) is 17.2. The zero-order chi connectivity index (χ0) is 22.7. The summed E-state index contributed by atoms with van der Waals surface area (Å²) in [6.07, 6.45) is 0.974. The Morgan fingerprint density at radius 1 is 1.06 bits per heavy atom. The quantitative estimate of drug-likeness (QED) is 0.397. The highest BCUT2D eigenvalue weighted by Gasteiger charge is 2.24. The Morgan fingerprint density at radius 3 is 2.47 bits per heavy atom. The highest BCUT2D eigenvalue weighted by molar-refractivity contribution is 6.30. The summed E-state index contributed by atoms with van der Waals surface area (Å²) >= 11 is 6.13. The number of halogens is 1. The molecule has 1 heterocycles. The van der Waals surface area contributed by atoms with E-state index in [-0.39, 0.29) is 11.3 Å². The summed E-state index contributed by atoms with van der Waals surface area (Å²) in [5, 5.41) is 25.7. The van der Waals surface area contributed by atoms with Crippen LogP contribution in [-0.4, -0.2) is 29.0 Å². The first kappa shape index (κ1) is 21.8. The minimum atomic E-state index is -1.00. The Hall–Kier alpha value is -3.42. The third-order valence-electron chi connectivity index (χ3n) is 5.55. The second kappa shape index (κ2) is 9.38. The summed E-state index contributed by atoms with van der Waals surface area (Å²) in [6.45, 7) is 1.52. The summed E-state index contributed by atoms with van der Waals surface area (Å²) in [6, 6.07) is 18.3. The van der Waals surface area contributed by atoms with Crippen molar-refractivity contribution in [1.82, 2.24) is 0 Å². The van der Waals surface area contributed by atoms with E-state index in [4.69, 9.17) is 11.6 Å². The SMILES string of the molecule is O=C(Nc1ccc(Cl)cc1C(O)c1ccccc1)c1ccc(N2CCCC2)c([N+](=O)[O-])c1. The van der Waals surface area contributed by atoms with Crippen molar-refractivity contribution >= 4 is 34.6 Å². The predicted molar refractivity (Wildman–Crippen MR) is 124 cm³/mol. The summed E-state index contributed by atoms with van der Waals surface area (Å²) in [4.78, 5) is 26.1. The van der Waals surface area contributed by atoms with Gasteiger partial charge in [0.1, 0.15) is 11.8 Å². The minimum absolute atomic E-state index is 0.0970. The van der Waals surface area contributed by atoms with Crippen LogP contribution in [0.1, 0.15) is 40.4 Å². The first-order valence-corrected chi connectivity index (χ1v) is 10.7. The van der Waals surface area contributed by atoms with E-state index in [9.17, 15) is 20.0 Å². The van der Waals surface area contributed by atoms with Gasteiger partial charge in [0, 0.05) is 41.0 Å². The lowest BCUT2D eigenvalue weighted by atomic mass is 9.99. The number of aliphatic hydroxyl groups is 1. The average Bonchev–Trinajstić information content (AvgIpc) is 3.34. The Balaban J connectivity index is 1.63. The lowest BCUT2D eigenvalue weighted by molar-refractivity contribution is -0.384. The van der Waals surface area contributed by atoms with Crippen LogP contribution in [0.2, 0.25) is 5.02 Å². The molecule has 3 aromatic carbocycles. The molecule has 1 unspecified atom stereocenters. The van der Waals surface area contributed by atoms with E-state index in [1.54, 1.807) is 42.5 Å². The molecule has 1 fully saturated rings. The number of anilines is 2. The lowest BCUT2D eigenvalue weighted by Crippen LogP contribution is -2.20. The second-order valence-corrected chi connectivity index (χ2v) is 8.09. The zero-order valence-corrected chi connectivity index (χ0v) is 18.0. The molecule has 0 radical (unpaired) electrons. The highest BCUT2D eigenvalue weighted by Crippen LogP contribution is 2.33. The number of benzene rings is 3. The van der Waals surface area contributed by atoms with Crippen molar-refractivity contribution in [2.75, 3.05) is 23.3 Å². The van der Waals surface area contributed by atoms with E-state index in [2.05, 4.69) is 5.32 Å². The number of nitrogens with one attached hydrogen (secondary N) is 1. The fraction of sp³-hybridized carbons (Fsp3) is 0.208. The Kier molecular flexibility index (Phi) is 6.39. The monoisotopic (exact) mass is 451 g/mol. The largest absolute Gasteiger partial charge is 0.384 e. The molecule has 1 atom stereocenters. The number of amides is 1. The molecule has 3 aromatic rings. The molecule has 0 aromatic heterocycles. The molecule has 0 saturated carbocycles. The molecule has 164 valence electrons. The van der Waals surface area contributed by atoms with Crippen LogP contribution in [0.3, 0.4) is 0 Å². The van der Waals surface area contributed by atoms with Crippen LogP contribution in [-0.2, 0) is 0 Å². The molecule has 0 bridgehead atoms. The maximum absolute atomic E-state index is 13.0. The topological polar surface area (TPSA) is 95.7 Å². The molecule has 0 aliphatic carbocycles. The van der Waals surface area contributed by atoms with E-state index >= 15 is 0 Å². The predicted octanol–water partition coefficient (Wildman–Crippen LogP) is 5.18. The first-order chi connectivity index (χ1) is 15.4. The van der Waals surface area contributed by atoms with Gasteiger partial charge in [-0.25, -0.2) is 0 Å². The van der Waals surface area contributed by atoms with Crippen molar-refractivity contribution in [1.29, 1.82) is 0 Å². The number of hydrogen-bond acceptors (Lipinski definition) is 5. The van der Waals surface area contributed by atoms with Gasteiger partial charge in [-0.05, 0) is 48.7 Å². The molecule has 0 spiro atoms. The van der Waals surface area contributed by atoms with Crippen molar-refractivity contribution in [3.8, 4) is 0 Å². The number of nitrogens with zero attached hydrogens (tertiary/aromatic N) is 2. The number of rotatable bonds is 6. The standard InChI is InChI=1S/C24H22ClN3O4/c25-18-9-10-20(19(15-18)23(29)16-6-2-1-3-7-16)26-24(30)17-8-11-21(22(14-17)28(31)32)27-12-4-5-13-27/h1-3,6-11,14-15,23,29H,4-5,12-13H2,(H,26,30). The molecule has 1 aliphatic rings. The lowest BCUT2D eigenvalue weighted by Gasteiger charge is -2.19. The van der Waals surface area contributed by atoms with Crippen LogP contribution >= 0.6 is 11.6 Å². The first-order valence-electron chi connectivity index (χ1n) is 10.3. The van der Waals surface area contributed by atoms with E-state index in [1.807, 2.05) is 23.1 Å². The van der Waals surface area contributed by atoms with Crippen LogP contribution in [0.25, 0.3) is 0 Å². The van der Waals surface area contributed by atoms with Crippen molar-refractivity contribution in [3.63, 3.8) is 0 Å².